The lowest BCUT2D eigenvalue weighted by molar-refractivity contribution is -0.295. The second-order valence-electron chi connectivity index (χ2n) is 16.9. The van der Waals surface area contributed by atoms with Gasteiger partial charge in [-0.25, -0.2) is 9.78 Å². The molecular formula is C42H63N5O10S. The van der Waals surface area contributed by atoms with Crippen molar-refractivity contribution in [2.24, 2.45) is 23.7 Å². The zero-order chi connectivity index (χ0) is 42.7. The van der Waals surface area contributed by atoms with Gasteiger partial charge in [-0.05, 0) is 79.6 Å². The van der Waals surface area contributed by atoms with Crippen LogP contribution in [-0.4, -0.2) is 141 Å². The highest BCUT2D eigenvalue weighted by Gasteiger charge is 2.60. The normalized spacial score (nSPS) is 36.7. The van der Waals surface area contributed by atoms with Gasteiger partial charge in [0.2, 0.25) is 0 Å². The van der Waals surface area contributed by atoms with Crippen LogP contribution in [0.2, 0.25) is 0 Å². The number of pyridine rings is 1. The Hall–Kier alpha value is -3.41. The van der Waals surface area contributed by atoms with Crippen molar-refractivity contribution in [3.05, 3.63) is 30.7 Å². The van der Waals surface area contributed by atoms with Crippen LogP contribution in [0.15, 0.2) is 35.9 Å². The van der Waals surface area contributed by atoms with E-state index in [1.54, 1.807) is 58.1 Å². The minimum Gasteiger partial charge on any atom is -0.458 e. The first-order valence-corrected chi connectivity index (χ1v) is 21.4. The van der Waals surface area contributed by atoms with Gasteiger partial charge in [-0.2, -0.15) is 0 Å². The number of hydrogen-bond donors (Lipinski definition) is 2. The summed E-state index contributed by atoms with van der Waals surface area (Å²) in [4.78, 5) is 72.3. The molecule has 3 aliphatic heterocycles. The lowest BCUT2D eigenvalue weighted by Crippen LogP contribution is -2.60. The highest BCUT2D eigenvalue weighted by Crippen LogP contribution is 2.43. The summed E-state index contributed by atoms with van der Waals surface area (Å²) >= 11 is 1.51. The van der Waals surface area contributed by atoms with Gasteiger partial charge in [0.05, 0.1) is 35.7 Å². The number of esters is 1. The number of nitrogens with zero attached hydrogens (tertiary/aromatic N) is 4. The van der Waals surface area contributed by atoms with Crippen LogP contribution < -0.4 is 0 Å². The van der Waals surface area contributed by atoms with Gasteiger partial charge in [0.1, 0.15) is 23.9 Å². The van der Waals surface area contributed by atoms with Crippen LogP contribution in [0.1, 0.15) is 81.1 Å². The number of Topliss-reactive ketones (excluding diaryl/α,β-unsaturated/α-hetero) is 2. The van der Waals surface area contributed by atoms with Crippen LogP contribution in [0.25, 0.3) is 11.3 Å². The van der Waals surface area contributed by atoms with Gasteiger partial charge in [-0.15, -0.1) is 0 Å². The van der Waals surface area contributed by atoms with Crippen molar-refractivity contribution in [3.63, 3.8) is 0 Å². The van der Waals surface area contributed by atoms with Crippen molar-refractivity contribution in [3.8, 4) is 11.3 Å². The molecule has 3 aliphatic rings. The van der Waals surface area contributed by atoms with Gasteiger partial charge in [-0.3, -0.25) is 19.4 Å². The number of ether oxygens (including phenoxy) is 5. The maximum atomic E-state index is 14.7. The number of aromatic nitrogens is 3. The second-order valence-corrected chi connectivity index (χ2v) is 18.0. The maximum Gasteiger partial charge on any atom is 0.410 e. The number of aliphatic hydroxyl groups is 1. The van der Waals surface area contributed by atoms with Gasteiger partial charge >= 0.3 is 12.1 Å². The average molecular weight is 830 g/mol. The smallest absolute Gasteiger partial charge is 0.410 e. The van der Waals surface area contributed by atoms with Crippen molar-refractivity contribution >= 4 is 35.4 Å². The van der Waals surface area contributed by atoms with E-state index in [1.807, 2.05) is 45.0 Å². The average Bonchev–Trinajstić information content (AvgIpc) is 3.78. The lowest BCUT2D eigenvalue weighted by atomic mass is 9.73. The molecule has 322 valence electrons. The van der Waals surface area contributed by atoms with Gasteiger partial charge in [0.25, 0.3) is 0 Å². The fraction of sp³-hybridized carbons (Fsp3) is 0.714. The second kappa shape index (κ2) is 18.9. The van der Waals surface area contributed by atoms with E-state index in [0.717, 1.165) is 16.4 Å². The SMILES string of the molecule is CC[C@H]1OC(=O)[C@H](C)C(=O)[C@H](C)[C@@H](O[C@@H]2O[C@H](C)C[C@H](N(C)C)[C@H]2O)[C@](C)(OC)C[C@@H](C)C(=O)[C@H](C)[C@H]2N(CCCSc3ncc(-c4cccnc4)[nH]3)C(=O)O[C@]12C. The van der Waals surface area contributed by atoms with E-state index in [1.165, 1.54) is 25.8 Å². The molecule has 0 saturated carbocycles. The predicted molar refractivity (Wildman–Crippen MR) is 217 cm³/mol. The highest BCUT2D eigenvalue weighted by atomic mass is 32.2. The number of carbonyl (C=O) groups is 4. The number of carbonyl (C=O) groups excluding carboxylic acids is 4. The van der Waals surface area contributed by atoms with Crippen LogP contribution in [0.3, 0.4) is 0 Å². The molecule has 3 fully saturated rings. The number of hydrogen-bond acceptors (Lipinski definition) is 14. The number of amides is 1. The summed E-state index contributed by atoms with van der Waals surface area (Å²) in [6, 6.07) is 2.72. The highest BCUT2D eigenvalue weighted by molar-refractivity contribution is 7.99. The summed E-state index contributed by atoms with van der Waals surface area (Å²) in [5.41, 5.74) is -0.922. The third-order valence-corrected chi connectivity index (χ3v) is 13.4. The minimum atomic E-state index is -1.41. The zero-order valence-electron chi connectivity index (χ0n) is 35.8. The van der Waals surface area contributed by atoms with E-state index in [4.69, 9.17) is 23.7 Å². The number of aromatic amines is 1. The number of imidazole rings is 1. The number of cyclic esters (lactones) is 1. The van der Waals surface area contributed by atoms with Crippen LogP contribution in [0.5, 0.6) is 0 Å². The Morgan fingerprint density at radius 2 is 1.79 bits per heavy atom. The third-order valence-electron chi connectivity index (χ3n) is 12.5. The molecule has 0 radical (unpaired) electrons. The minimum absolute atomic E-state index is 0.125. The van der Waals surface area contributed by atoms with E-state index >= 15 is 0 Å². The molecule has 5 rings (SSSR count). The first-order chi connectivity index (χ1) is 27.4. The molecule has 0 spiro atoms. The van der Waals surface area contributed by atoms with Gasteiger partial charge in [-0.1, -0.05) is 39.5 Å². The van der Waals surface area contributed by atoms with E-state index in [-0.39, 0.29) is 37.3 Å². The largest absolute Gasteiger partial charge is 0.458 e. The van der Waals surface area contributed by atoms with Crippen LogP contribution >= 0.6 is 11.8 Å². The molecule has 2 aromatic rings. The molecular weight excluding hydrogens is 767 g/mol. The van der Waals surface area contributed by atoms with Gasteiger partial charge < -0.3 is 43.6 Å². The quantitative estimate of drug-likeness (QED) is 0.131. The maximum absolute atomic E-state index is 14.7. The Bertz CT molecular complexity index is 1750. The Morgan fingerprint density at radius 3 is 2.43 bits per heavy atom. The van der Waals surface area contributed by atoms with E-state index in [0.29, 0.717) is 18.6 Å². The molecule has 2 aromatic heterocycles. The van der Waals surface area contributed by atoms with Crippen molar-refractivity contribution in [1.82, 2.24) is 24.8 Å². The number of methoxy groups -OCH3 is 1. The summed E-state index contributed by atoms with van der Waals surface area (Å²) < 4.78 is 31.2. The van der Waals surface area contributed by atoms with Crippen molar-refractivity contribution in [2.45, 2.75) is 140 Å². The summed E-state index contributed by atoms with van der Waals surface area (Å²) in [6.07, 6.45) is 1.67. The lowest BCUT2D eigenvalue weighted by Gasteiger charge is -2.47. The molecule has 1 amide bonds. The molecule has 2 N–H and O–H groups in total. The molecule has 0 aliphatic carbocycles. The van der Waals surface area contributed by atoms with Crippen molar-refractivity contribution < 1.29 is 48.0 Å². The molecule has 58 heavy (non-hydrogen) atoms. The number of likely N-dealkylation sites (N-methyl/N-ethyl adjacent to an activating group) is 1. The Morgan fingerprint density at radius 1 is 1.07 bits per heavy atom. The number of ketones is 2. The van der Waals surface area contributed by atoms with E-state index < -0.39 is 83.4 Å². The zero-order valence-corrected chi connectivity index (χ0v) is 36.6. The van der Waals surface area contributed by atoms with Crippen LogP contribution in [-0.2, 0) is 38.1 Å². The fourth-order valence-electron chi connectivity index (χ4n) is 9.16. The molecule has 0 bridgehead atoms. The summed E-state index contributed by atoms with van der Waals surface area (Å²) in [5, 5.41) is 12.2. The standard InChI is InChI=1S/C42H63N5O10S/c1-12-31-42(8)35(47(40(52)57-42)17-14-18-58-39-44-22-29(45-39)28-15-13-16-43-21-28)25(4)32(48)23(2)20-41(7,53-11)36(26(5)33(49)27(6)37(51)55-31)56-38-34(50)30(46(9)10)19-24(3)54-38/h13,15-16,21-27,30-31,34-36,38,50H,12,14,17-20H2,1-11H3,(H,44,45)/t23-,24-,25+,26+,27-,30+,31-,34-,35-,36-,38+,41-,42-/m1/s1. The molecule has 5 heterocycles. The number of nitrogens with one attached hydrogen (secondary N) is 1. The summed E-state index contributed by atoms with van der Waals surface area (Å²) in [7, 11) is 5.23. The number of aliphatic hydroxyl groups excluding tert-OH is 1. The van der Waals surface area contributed by atoms with Crippen molar-refractivity contribution in [1.29, 1.82) is 0 Å². The van der Waals surface area contributed by atoms with Gasteiger partial charge in [0, 0.05) is 61.2 Å². The number of thioether (sulfide) groups is 1. The topological polar surface area (TPSA) is 183 Å². The summed E-state index contributed by atoms with van der Waals surface area (Å²) in [6.45, 7) is 14.2. The van der Waals surface area contributed by atoms with Crippen LogP contribution in [0, 0.1) is 23.7 Å². The monoisotopic (exact) mass is 829 g/mol. The van der Waals surface area contributed by atoms with Crippen LogP contribution in [0.4, 0.5) is 4.79 Å². The Kier molecular flexibility index (Phi) is 14.9. The number of H-pyrrole nitrogens is 1. The predicted octanol–water partition coefficient (Wildman–Crippen LogP) is 5.16. The first kappa shape index (κ1) is 45.7. The first-order valence-electron chi connectivity index (χ1n) is 20.4. The fourth-order valence-corrected chi connectivity index (χ4v) is 9.93. The Balaban J connectivity index is 1.43. The molecule has 3 saturated heterocycles. The number of fused-ring (bicyclic) bond motifs is 1. The summed E-state index contributed by atoms with van der Waals surface area (Å²) in [5.74, 6) is -4.38. The number of rotatable bonds is 11. The molecule has 13 atom stereocenters. The molecule has 0 aromatic carbocycles. The molecule has 16 heteroatoms. The third kappa shape index (κ3) is 9.47. The van der Waals surface area contributed by atoms with E-state index in [2.05, 4.69) is 15.0 Å². The van der Waals surface area contributed by atoms with Gasteiger partial charge in [0.15, 0.2) is 22.8 Å². The molecule has 15 nitrogen and oxygen atoms in total. The Labute approximate surface area is 346 Å². The van der Waals surface area contributed by atoms with E-state index in [9.17, 15) is 24.3 Å². The van der Waals surface area contributed by atoms with Crippen molar-refractivity contribution in [2.75, 3.05) is 33.5 Å². The molecule has 0 unspecified atom stereocenters.